The molecular formula is C16H20N2O3. The Labute approximate surface area is 124 Å². The third-order valence-electron chi connectivity index (χ3n) is 3.11. The van der Waals surface area contributed by atoms with Gasteiger partial charge in [0.05, 0.1) is 19.6 Å². The molecule has 0 unspecified atom stereocenters. The maximum absolute atomic E-state index is 12.3. The van der Waals surface area contributed by atoms with E-state index in [2.05, 4.69) is 4.98 Å². The molecule has 2 rings (SSSR count). The number of Topliss-reactive ketones (excluding diaryl/α,β-unsaturated/α-hetero) is 1. The van der Waals surface area contributed by atoms with Gasteiger partial charge in [0.15, 0.2) is 17.3 Å². The number of aromatic nitrogens is 2. The van der Waals surface area contributed by atoms with Crippen LogP contribution >= 0.6 is 0 Å². The minimum absolute atomic E-state index is 0.00769. The summed E-state index contributed by atoms with van der Waals surface area (Å²) in [6.45, 7) is 4.89. The maximum Gasteiger partial charge on any atom is 0.170 e. The third kappa shape index (κ3) is 3.62. The summed E-state index contributed by atoms with van der Waals surface area (Å²) in [4.78, 5) is 16.5. The second-order valence-corrected chi connectivity index (χ2v) is 4.58. The Balaban J connectivity index is 2.21. The molecule has 1 aromatic carbocycles. The number of rotatable bonds is 7. The highest BCUT2D eigenvalue weighted by Crippen LogP contribution is 2.29. The highest BCUT2D eigenvalue weighted by Gasteiger charge is 2.13. The number of carbonyl (C=O) groups is 1. The molecular weight excluding hydrogens is 268 g/mol. The van der Waals surface area contributed by atoms with Gasteiger partial charge in [0.1, 0.15) is 5.82 Å². The first-order valence-corrected chi connectivity index (χ1v) is 7.04. The first kappa shape index (κ1) is 15.1. The van der Waals surface area contributed by atoms with Gasteiger partial charge in [-0.1, -0.05) is 0 Å². The van der Waals surface area contributed by atoms with Crippen molar-refractivity contribution in [2.75, 3.05) is 13.2 Å². The van der Waals surface area contributed by atoms with Crippen LogP contribution in [-0.2, 0) is 13.5 Å². The molecule has 1 aromatic heterocycles. The number of ketones is 1. The summed E-state index contributed by atoms with van der Waals surface area (Å²) in [5.74, 6) is 2.01. The number of aryl methyl sites for hydroxylation is 1. The average molecular weight is 288 g/mol. The van der Waals surface area contributed by atoms with Crippen LogP contribution < -0.4 is 9.47 Å². The monoisotopic (exact) mass is 288 g/mol. The van der Waals surface area contributed by atoms with Crippen LogP contribution in [0.15, 0.2) is 30.6 Å². The minimum Gasteiger partial charge on any atom is -0.490 e. The topological polar surface area (TPSA) is 53.3 Å². The maximum atomic E-state index is 12.3. The Kier molecular flexibility index (Phi) is 4.98. The lowest BCUT2D eigenvalue weighted by atomic mass is 10.1. The van der Waals surface area contributed by atoms with Gasteiger partial charge in [-0.25, -0.2) is 4.98 Å². The molecule has 0 saturated carbocycles. The van der Waals surface area contributed by atoms with Gasteiger partial charge in [-0.3, -0.25) is 4.79 Å². The molecule has 0 bridgehead atoms. The molecule has 0 aliphatic carbocycles. The number of carbonyl (C=O) groups excluding carboxylic acids is 1. The molecule has 1 heterocycles. The predicted molar refractivity (Wildman–Crippen MR) is 80.0 cm³/mol. The molecule has 0 amide bonds. The Morgan fingerprint density at radius 2 is 1.90 bits per heavy atom. The van der Waals surface area contributed by atoms with Crippen LogP contribution in [0.4, 0.5) is 0 Å². The lowest BCUT2D eigenvalue weighted by Crippen LogP contribution is -2.09. The number of imidazole rings is 1. The van der Waals surface area contributed by atoms with Crippen molar-refractivity contribution >= 4 is 5.78 Å². The second kappa shape index (κ2) is 6.92. The smallest absolute Gasteiger partial charge is 0.170 e. The molecule has 5 heteroatoms. The van der Waals surface area contributed by atoms with Gasteiger partial charge in [-0.2, -0.15) is 0 Å². The molecule has 0 aliphatic heterocycles. The fourth-order valence-electron chi connectivity index (χ4n) is 2.04. The standard InChI is InChI=1S/C16H20N2O3/c1-4-20-14-7-6-12(10-15(14)21-5-2)13(19)11-16-17-8-9-18(16)3/h6-10H,4-5,11H2,1-3H3. The Hall–Kier alpha value is -2.30. The van der Waals surface area contributed by atoms with Crippen molar-refractivity contribution in [3.63, 3.8) is 0 Å². The summed E-state index contributed by atoms with van der Waals surface area (Å²) in [6.07, 6.45) is 3.78. The average Bonchev–Trinajstić information content (AvgIpc) is 2.86. The first-order valence-electron chi connectivity index (χ1n) is 7.04. The molecule has 112 valence electrons. The zero-order valence-corrected chi connectivity index (χ0v) is 12.6. The fraction of sp³-hybridized carbons (Fsp3) is 0.375. The van der Waals surface area contributed by atoms with Gasteiger partial charge in [0.25, 0.3) is 0 Å². The van der Waals surface area contributed by atoms with Crippen LogP contribution in [0.25, 0.3) is 0 Å². The van der Waals surface area contributed by atoms with Crippen LogP contribution in [0.2, 0.25) is 0 Å². The number of hydrogen-bond donors (Lipinski definition) is 0. The van der Waals surface area contributed by atoms with Crippen LogP contribution in [0, 0.1) is 0 Å². The van der Waals surface area contributed by atoms with Crippen molar-refractivity contribution in [2.45, 2.75) is 20.3 Å². The Morgan fingerprint density at radius 3 is 2.52 bits per heavy atom. The van der Waals surface area contributed by atoms with Crippen LogP contribution in [0.5, 0.6) is 11.5 Å². The molecule has 0 spiro atoms. The molecule has 0 N–H and O–H groups in total. The van der Waals surface area contributed by atoms with Crippen LogP contribution in [0.3, 0.4) is 0 Å². The molecule has 5 nitrogen and oxygen atoms in total. The summed E-state index contributed by atoms with van der Waals surface area (Å²) in [5.41, 5.74) is 0.602. The molecule has 21 heavy (non-hydrogen) atoms. The van der Waals surface area contributed by atoms with E-state index >= 15 is 0 Å². The first-order chi connectivity index (χ1) is 10.2. The van der Waals surface area contributed by atoms with Crippen molar-refractivity contribution in [1.82, 2.24) is 9.55 Å². The summed E-state index contributed by atoms with van der Waals surface area (Å²) >= 11 is 0. The molecule has 2 aromatic rings. The highest BCUT2D eigenvalue weighted by molar-refractivity contribution is 5.97. The molecule has 0 saturated heterocycles. The van der Waals surface area contributed by atoms with E-state index in [9.17, 15) is 4.79 Å². The second-order valence-electron chi connectivity index (χ2n) is 4.58. The third-order valence-corrected chi connectivity index (χ3v) is 3.11. The van der Waals surface area contributed by atoms with Gasteiger partial charge in [0.2, 0.25) is 0 Å². The summed E-state index contributed by atoms with van der Waals surface area (Å²) < 4.78 is 12.9. The lowest BCUT2D eigenvalue weighted by molar-refractivity contribution is 0.0989. The van der Waals surface area contributed by atoms with E-state index in [1.807, 2.05) is 31.7 Å². The van der Waals surface area contributed by atoms with Gasteiger partial charge < -0.3 is 14.0 Å². The van der Waals surface area contributed by atoms with Crippen LogP contribution in [0.1, 0.15) is 30.0 Å². The van der Waals surface area contributed by atoms with Gasteiger partial charge >= 0.3 is 0 Å². The predicted octanol–water partition coefficient (Wildman–Crippen LogP) is 2.64. The summed E-state index contributed by atoms with van der Waals surface area (Å²) in [7, 11) is 1.87. The van der Waals surface area contributed by atoms with E-state index in [1.54, 1.807) is 24.4 Å². The quantitative estimate of drug-likeness (QED) is 0.735. The minimum atomic E-state index is 0.00769. The molecule has 0 fully saturated rings. The van der Waals surface area contributed by atoms with Crippen molar-refractivity contribution in [3.05, 3.63) is 42.0 Å². The van der Waals surface area contributed by atoms with E-state index in [0.717, 1.165) is 5.82 Å². The van der Waals surface area contributed by atoms with Crippen molar-refractivity contribution in [2.24, 2.45) is 7.05 Å². The van der Waals surface area contributed by atoms with Crippen molar-refractivity contribution < 1.29 is 14.3 Å². The zero-order valence-electron chi connectivity index (χ0n) is 12.6. The van der Waals surface area contributed by atoms with E-state index in [0.29, 0.717) is 30.3 Å². The number of hydrogen-bond acceptors (Lipinski definition) is 4. The zero-order chi connectivity index (χ0) is 15.2. The van der Waals surface area contributed by atoms with E-state index in [1.165, 1.54) is 0 Å². The Morgan fingerprint density at radius 1 is 1.19 bits per heavy atom. The van der Waals surface area contributed by atoms with E-state index < -0.39 is 0 Å². The Bertz CT molecular complexity index is 620. The van der Waals surface area contributed by atoms with Crippen LogP contribution in [-0.4, -0.2) is 28.5 Å². The van der Waals surface area contributed by atoms with Gasteiger partial charge in [-0.15, -0.1) is 0 Å². The largest absolute Gasteiger partial charge is 0.490 e. The molecule has 0 aliphatic rings. The molecule has 0 radical (unpaired) electrons. The normalized spacial score (nSPS) is 10.4. The van der Waals surface area contributed by atoms with E-state index in [-0.39, 0.29) is 12.2 Å². The fourth-order valence-corrected chi connectivity index (χ4v) is 2.04. The van der Waals surface area contributed by atoms with Gasteiger partial charge in [-0.05, 0) is 32.0 Å². The number of nitrogens with zero attached hydrogens (tertiary/aromatic N) is 2. The summed E-state index contributed by atoms with van der Waals surface area (Å²) in [6, 6.07) is 5.28. The van der Waals surface area contributed by atoms with Gasteiger partial charge in [0, 0.05) is 25.0 Å². The van der Waals surface area contributed by atoms with Crippen molar-refractivity contribution in [3.8, 4) is 11.5 Å². The highest BCUT2D eigenvalue weighted by atomic mass is 16.5. The molecule has 0 atom stereocenters. The number of benzene rings is 1. The summed E-state index contributed by atoms with van der Waals surface area (Å²) in [5, 5.41) is 0. The number of ether oxygens (including phenoxy) is 2. The van der Waals surface area contributed by atoms with E-state index in [4.69, 9.17) is 9.47 Å². The lowest BCUT2D eigenvalue weighted by Gasteiger charge is -2.12. The SMILES string of the molecule is CCOc1ccc(C(=O)Cc2nccn2C)cc1OCC. The van der Waals surface area contributed by atoms with Crippen molar-refractivity contribution in [1.29, 1.82) is 0 Å².